The second-order valence-electron chi connectivity index (χ2n) is 5.79. The molecule has 0 unspecified atom stereocenters. The molecule has 0 aromatic heterocycles. The molecule has 1 rings (SSSR count). The fourth-order valence-corrected chi connectivity index (χ4v) is 2.10. The van der Waals surface area contributed by atoms with E-state index in [0.29, 0.717) is 30.3 Å². The highest BCUT2D eigenvalue weighted by atomic mass is 16.6. The van der Waals surface area contributed by atoms with Crippen molar-refractivity contribution in [3.05, 3.63) is 23.8 Å². The fourth-order valence-electron chi connectivity index (χ4n) is 2.10. The van der Waals surface area contributed by atoms with Gasteiger partial charge in [-0.05, 0) is 36.8 Å². The van der Waals surface area contributed by atoms with E-state index in [2.05, 4.69) is 13.8 Å². The largest absolute Gasteiger partial charge is 0.423 e. The molecule has 0 N–H and O–H groups in total. The van der Waals surface area contributed by atoms with Crippen LogP contribution in [0.1, 0.15) is 58.9 Å². The molecule has 4 heteroatoms. The molecule has 0 aliphatic rings. The molecule has 0 radical (unpaired) electrons. The molecule has 0 saturated heterocycles. The molecule has 1 aromatic carbocycles. The molecule has 22 heavy (non-hydrogen) atoms. The van der Waals surface area contributed by atoms with Gasteiger partial charge in [-0.3, -0.25) is 9.59 Å². The second-order valence-corrected chi connectivity index (χ2v) is 5.79. The summed E-state index contributed by atoms with van der Waals surface area (Å²) < 4.78 is 10.9. The van der Waals surface area contributed by atoms with Gasteiger partial charge in [0, 0.05) is 12.8 Å². The van der Waals surface area contributed by atoms with Gasteiger partial charge in [0.2, 0.25) is 0 Å². The van der Waals surface area contributed by atoms with Gasteiger partial charge in [0.15, 0.2) is 11.5 Å². The number of carbonyl (C=O) groups excluding carboxylic acids is 2. The number of carbonyl (C=O) groups is 2. The first-order chi connectivity index (χ1) is 10.5. The fraction of sp³-hybridized carbons (Fsp3) is 0.556. The van der Waals surface area contributed by atoms with Crippen LogP contribution in [0, 0.1) is 5.92 Å². The van der Waals surface area contributed by atoms with Gasteiger partial charge in [-0.2, -0.15) is 0 Å². The van der Waals surface area contributed by atoms with E-state index in [4.69, 9.17) is 9.47 Å². The standard InChI is InChI=1S/C18H26O4/c1-5-8-16(19)21-15-11-7-10-14(12-13(3)4)18(15)22-17(20)9-6-2/h7,10-11,13H,5-6,8-9,12H2,1-4H3. The smallest absolute Gasteiger partial charge is 0.311 e. The topological polar surface area (TPSA) is 52.6 Å². The first kappa shape index (κ1) is 18.2. The van der Waals surface area contributed by atoms with Crippen molar-refractivity contribution in [3.63, 3.8) is 0 Å². The lowest BCUT2D eigenvalue weighted by molar-refractivity contribution is -0.137. The predicted molar refractivity (Wildman–Crippen MR) is 86.1 cm³/mol. The van der Waals surface area contributed by atoms with E-state index in [-0.39, 0.29) is 11.9 Å². The zero-order valence-electron chi connectivity index (χ0n) is 14.0. The van der Waals surface area contributed by atoms with Gasteiger partial charge in [0.05, 0.1) is 0 Å². The van der Waals surface area contributed by atoms with E-state index in [1.165, 1.54) is 0 Å². The average molecular weight is 306 g/mol. The van der Waals surface area contributed by atoms with Gasteiger partial charge in [0.1, 0.15) is 0 Å². The first-order valence-electron chi connectivity index (χ1n) is 8.01. The second kappa shape index (κ2) is 9.23. The highest BCUT2D eigenvalue weighted by molar-refractivity contribution is 5.76. The molecular formula is C18H26O4. The third-order valence-electron chi connectivity index (χ3n) is 3.04. The monoisotopic (exact) mass is 306 g/mol. The molecule has 0 aliphatic carbocycles. The summed E-state index contributed by atoms with van der Waals surface area (Å²) in [6.45, 7) is 8.02. The summed E-state index contributed by atoms with van der Waals surface area (Å²) in [6, 6.07) is 5.40. The Balaban J connectivity index is 3.07. The van der Waals surface area contributed by atoms with Crippen molar-refractivity contribution in [2.75, 3.05) is 0 Å². The van der Waals surface area contributed by atoms with E-state index in [9.17, 15) is 9.59 Å². The highest BCUT2D eigenvalue weighted by Crippen LogP contribution is 2.33. The van der Waals surface area contributed by atoms with Crippen LogP contribution in [-0.4, -0.2) is 11.9 Å². The molecule has 122 valence electrons. The van der Waals surface area contributed by atoms with Crippen molar-refractivity contribution in [2.24, 2.45) is 5.92 Å². The molecule has 0 fully saturated rings. The van der Waals surface area contributed by atoms with Gasteiger partial charge < -0.3 is 9.47 Å². The van der Waals surface area contributed by atoms with E-state index < -0.39 is 0 Å². The van der Waals surface area contributed by atoms with Gasteiger partial charge in [0.25, 0.3) is 0 Å². The Morgan fingerprint density at radius 3 is 2.14 bits per heavy atom. The van der Waals surface area contributed by atoms with E-state index in [0.717, 1.165) is 24.8 Å². The zero-order chi connectivity index (χ0) is 16.5. The number of benzene rings is 1. The van der Waals surface area contributed by atoms with Crippen molar-refractivity contribution in [2.45, 2.75) is 59.8 Å². The summed E-state index contributed by atoms with van der Waals surface area (Å²) in [5.74, 6) is 0.522. The highest BCUT2D eigenvalue weighted by Gasteiger charge is 2.17. The van der Waals surface area contributed by atoms with Crippen LogP contribution in [0.2, 0.25) is 0 Å². The van der Waals surface area contributed by atoms with Crippen LogP contribution >= 0.6 is 0 Å². The maximum atomic E-state index is 11.9. The van der Waals surface area contributed by atoms with Gasteiger partial charge in [-0.1, -0.05) is 39.8 Å². The molecule has 0 saturated carbocycles. The minimum Gasteiger partial charge on any atom is -0.423 e. The Morgan fingerprint density at radius 2 is 1.59 bits per heavy atom. The molecule has 0 atom stereocenters. The van der Waals surface area contributed by atoms with Crippen molar-refractivity contribution < 1.29 is 19.1 Å². The average Bonchev–Trinajstić information content (AvgIpc) is 2.42. The van der Waals surface area contributed by atoms with Crippen molar-refractivity contribution in [1.82, 2.24) is 0 Å². The van der Waals surface area contributed by atoms with Gasteiger partial charge in [-0.25, -0.2) is 0 Å². The van der Waals surface area contributed by atoms with Crippen LogP contribution in [0.15, 0.2) is 18.2 Å². The molecule has 4 nitrogen and oxygen atoms in total. The van der Waals surface area contributed by atoms with E-state index >= 15 is 0 Å². The molecule has 0 aliphatic heterocycles. The lowest BCUT2D eigenvalue weighted by atomic mass is 10.0. The number of para-hydroxylation sites is 1. The third-order valence-corrected chi connectivity index (χ3v) is 3.04. The quantitative estimate of drug-likeness (QED) is 0.531. The SMILES string of the molecule is CCCC(=O)Oc1cccc(CC(C)C)c1OC(=O)CCC. The lowest BCUT2D eigenvalue weighted by Gasteiger charge is -2.15. The van der Waals surface area contributed by atoms with Crippen LogP contribution in [0.25, 0.3) is 0 Å². The summed E-state index contributed by atoms with van der Waals surface area (Å²) >= 11 is 0. The van der Waals surface area contributed by atoms with E-state index in [1.807, 2.05) is 26.0 Å². The minimum absolute atomic E-state index is 0.300. The third kappa shape index (κ3) is 5.88. The van der Waals surface area contributed by atoms with Crippen molar-refractivity contribution in [3.8, 4) is 11.5 Å². The van der Waals surface area contributed by atoms with Gasteiger partial charge >= 0.3 is 11.9 Å². The minimum atomic E-state index is -0.308. The van der Waals surface area contributed by atoms with Crippen LogP contribution in [0.5, 0.6) is 11.5 Å². The summed E-state index contributed by atoms with van der Waals surface area (Å²) in [7, 11) is 0. The summed E-state index contributed by atoms with van der Waals surface area (Å²) in [4.78, 5) is 23.6. The number of ether oxygens (including phenoxy) is 2. The first-order valence-corrected chi connectivity index (χ1v) is 8.01. The maximum Gasteiger partial charge on any atom is 0.311 e. The Hall–Kier alpha value is -1.84. The lowest BCUT2D eigenvalue weighted by Crippen LogP contribution is -2.13. The normalized spacial score (nSPS) is 10.6. The summed E-state index contributed by atoms with van der Waals surface area (Å²) in [5, 5.41) is 0. The molecule has 0 spiro atoms. The van der Waals surface area contributed by atoms with Crippen LogP contribution in [0.4, 0.5) is 0 Å². The summed E-state index contributed by atoms with van der Waals surface area (Å²) in [5.41, 5.74) is 0.890. The van der Waals surface area contributed by atoms with E-state index in [1.54, 1.807) is 6.07 Å². The molecule has 0 heterocycles. The molecular weight excluding hydrogens is 280 g/mol. The molecule has 0 bridgehead atoms. The maximum absolute atomic E-state index is 11.9. The number of hydrogen-bond acceptors (Lipinski definition) is 4. The zero-order valence-corrected chi connectivity index (χ0v) is 14.0. The summed E-state index contributed by atoms with van der Waals surface area (Å²) in [6.07, 6.45) is 2.88. The van der Waals surface area contributed by atoms with Crippen LogP contribution < -0.4 is 9.47 Å². The Kier molecular flexibility index (Phi) is 7.64. The number of hydrogen-bond donors (Lipinski definition) is 0. The Bertz CT molecular complexity index is 506. The number of esters is 2. The van der Waals surface area contributed by atoms with Crippen molar-refractivity contribution >= 4 is 11.9 Å². The predicted octanol–water partition coefficient (Wildman–Crippen LogP) is 4.30. The van der Waals surface area contributed by atoms with Crippen molar-refractivity contribution in [1.29, 1.82) is 0 Å². The van der Waals surface area contributed by atoms with Crippen LogP contribution in [0.3, 0.4) is 0 Å². The molecule has 1 aromatic rings. The Morgan fingerprint density at radius 1 is 1.00 bits per heavy atom. The van der Waals surface area contributed by atoms with Crippen LogP contribution in [-0.2, 0) is 16.0 Å². The number of rotatable bonds is 8. The van der Waals surface area contributed by atoms with Gasteiger partial charge in [-0.15, -0.1) is 0 Å². The Labute approximate surface area is 132 Å². The molecule has 0 amide bonds.